The second-order valence-corrected chi connectivity index (χ2v) is 5.17. The van der Waals surface area contributed by atoms with Crippen LogP contribution in [0.3, 0.4) is 0 Å². The number of aryl methyl sites for hydroxylation is 2. The molecule has 0 saturated heterocycles. The Balaban J connectivity index is 2.22. The molecule has 1 aromatic carbocycles. The molecule has 2 rings (SSSR count). The van der Waals surface area contributed by atoms with E-state index in [0.717, 1.165) is 11.1 Å². The lowest BCUT2D eigenvalue weighted by molar-refractivity contribution is -0.141. The van der Waals surface area contributed by atoms with Crippen molar-refractivity contribution in [1.29, 1.82) is 0 Å². The molecule has 0 saturated carbocycles. The van der Waals surface area contributed by atoms with Crippen LogP contribution in [-0.2, 0) is 11.2 Å². The van der Waals surface area contributed by atoms with E-state index >= 15 is 0 Å². The van der Waals surface area contributed by atoms with Gasteiger partial charge in [-0.2, -0.15) is 0 Å². The van der Waals surface area contributed by atoms with Gasteiger partial charge in [0.25, 0.3) is 5.56 Å². The van der Waals surface area contributed by atoms with Crippen LogP contribution in [0, 0.1) is 6.92 Å². The van der Waals surface area contributed by atoms with Gasteiger partial charge in [0, 0.05) is 6.20 Å². The minimum absolute atomic E-state index is 0.143. The van der Waals surface area contributed by atoms with Gasteiger partial charge in [-0.25, -0.2) is 4.79 Å². The predicted molar refractivity (Wildman–Crippen MR) is 83.4 cm³/mol. The van der Waals surface area contributed by atoms with Crippen molar-refractivity contribution in [1.82, 2.24) is 4.57 Å². The van der Waals surface area contributed by atoms with Crippen molar-refractivity contribution in [3.05, 3.63) is 64.1 Å². The molecule has 0 radical (unpaired) electrons. The minimum Gasteiger partial charge on any atom is -0.491 e. The molecule has 0 amide bonds. The third kappa shape index (κ3) is 3.55. The van der Waals surface area contributed by atoms with E-state index in [1.807, 2.05) is 31.2 Å². The van der Waals surface area contributed by atoms with Gasteiger partial charge in [-0.15, -0.1) is 0 Å². The van der Waals surface area contributed by atoms with E-state index in [2.05, 4.69) is 0 Å². The number of rotatable bonds is 6. The van der Waals surface area contributed by atoms with Gasteiger partial charge in [0.05, 0.1) is 7.11 Å². The zero-order chi connectivity index (χ0) is 16.1. The largest absolute Gasteiger partial charge is 0.491 e. The zero-order valence-corrected chi connectivity index (χ0v) is 12.7. The molecular weight excluding hydrogens is 282 g/mol. The first-order valence-corrected chi connectivity index (χ1v) is 7.06. The first-order chi connectivity index (χ1) is 10.5. The van der Waals surface area contributed by atoms with Crippen LogP contribution in [0.1, 0.15) is 23.6 Å². The van der Waals surface area contributed by atoms with Crippen LogP contribution in [0.15, 0.2) is 47.4 Å². The number of benzene rings is 1. The van der Waals surface area contributed by atoms with Crippen molar-refractivity contribution in [3.8, 4) is 5.75 Å². The molecule has 2 aromatic rings. The average molecular weight is 301 g/mol. The van der Waals surface area contributed by atoms with E-state index in [1.165, 1.54) is 23.9 Å². The molecule has 0 bridgehead atoms. The monoisotopic (exact) mass is 301 g/mol. The van der Waals surface area contributed by atoms with Crippen LogP contribution in [0.4, 0.5) is 0 Å². The molecule has 5 heteroatoms. The number of aromatic nitrogens is 1. The summed E-state index contributed by atoms with van der Waals surface area (Å²) < 4.78 is 6.18. The molecule has 1 aromatic heterocycles. The number of carboxylic acids is 1. The Bertz CT molecular complexity index is 703. The summed E-state index contributed by atoms with van der Waals surface area (Å²) in [6.07, 6.45) is 2.41. The number of methoxy groups -OCH3 is 1. The van der Waals surface area contributed by atoms with Gasteiger partial charge in [-0.05, 0) is 37.5 Å². The van der Waals surface area contributed by atoms with Crippen molar-refractivity contribution < 1.29 is 14.6 Å². The summed E-state index contributed by atoms with van der Waals surface area (Å²) >= 11 is 0. The maximum atomic E-state index is 12.2. The Morgan fingerprint density at radius 2 is 1.95 bits per heavy atom. The Morgan fingerprint density at radius 3 is 2.55 bits per heavy atom. The first kappa shape index (κ1) is 15.8. The second-order valence-electron chi connectivity index (χ2n) is 5.17. The van der Waals surface area contributed by atoms with E-state index in [0.29, 0.717) is 12.8 Å². The Hall–Kier alpha value is -2.56. The zero-order valence-electron chi connectivity index (χ0n) is 12.7. The SMILES string of the molecule is COc1cccn(C(CCc2ccc(C)cc2)C(=O)O)c1=O. The molecule has 0 spiro atoms. The van der Waals surface area contributed by atoms with Gasteiger partial charge < -0.3 is 9.84 Å². The van der Waals surface area contributed by atoms with E-state index in [1.54, 1.807) is 6.07 Å². The standard InChI is InChI=1S/C17H19NO4/c1-12-5-7-13(8-6-12)9-10-14(17(20)21)18-11-3-4-15(22-2)16(18)19/h3-8,11,14H,9-10H2,1-2H3,(H,20,21). The smallest absolute Gasteiger partial charge is 0.326 e. The summed E-state index contributed by atoms with van der Waals surface area (Å²) in [4.78, 5) is 23.7. The first-order valence-electron chi connectivity index (χ1n) is 7.06. The lowest BCUT2D eigenvalue weighted by Gasteiger charge is -2.16. The quantitative estimate of drug-likeness (QED) is 0.889. The van der Waals surface area contributed by atoms with Crippen LogP contribution in [-0.4, -0.2) is 22.8 Å². The van der Waals surface area contributed by atoms with Crippen molar-refractivity contribution >= 4 is 5.97 Å². The van der Waals surface area contributed by atoms with E-state index in [9.17, 15) is 14.7 Å². The van der Waals surface area contributed by atoms with E-state index < -0.39 is 17.6 Å². The molecule has 5 nitrogen and oxygen atoms in total. The summed E-state index contributed by atoms with van der Waals surface area (Å²) in [5, 5.41) is 9.44. The number of hydrogen-bond acceptors (Lipinski definition) is 3. The van der Waals surface area contributed by atoms with Crippen molar-refractivity contribution in [2.45, 2.75) is 25.8 Å². The van der Waals surface area contributed by atoms with E-state index in [4.69, 9.17) is 4.74 Å². The predicted octanol–water partition coefficient (Wildman–Crippen LogP) is 2.42. The molecule has 0 aliphatic rings. The number of nitrogens with zero attached hydrogens (tertiary/aromatic N) is 1. The van der Waals surface area contributed by atoms with Gasteiger partial charge in [0.2, 0.25) is 0 Å². The highest BCUT2D eigenvalue weighted by atomic mass is 16.5. The Morgan fingerprint density at radius 1 is 1.27 bits per heavy atom. The third-order valence-electron chi connectivity index (χ3n) is 3.61. The summed E-state index contributed by atoms with van der Waals surface area (Å²) in [6, 6.07) is 10.2. The summed E-state index contributed by atoms with van der Waals surface area (Å²) in [5.74, 6) is -0.883. The molecule has 1 N–H and O–H groups in total. The van der Waals surface area contributed by atoms with Crippen LogP contribution >= 0.6 is 0 Å². The van der Waals surface area contributed by atoms with Gasteiger partial charge in [0.1, 0.15) is 6.04 Å². The fourth-order valence-electron chi connectivity index (χ4n) is 2.33. The molecule has 22 heavy (non-hydrogen) atoms. The maximum absolute atomic E-state index is 12.2. The summed E-state index contributed by atoms with van der Waals surface area (Å²) in [7, 11) is 1.39. The molecule has 1 heterocycles. The Kier molecular flexibility index (Phi) is 4.99. The second kappa shape index (κ2) is 6.93. The van der Waals surface area contributed by atoms with Crippen LogP contribution in [0.5, 0.6) is 5.75 Å². The van der Waals surface area contributed by atoms with Crippen LogP contribution < -0.4 is 10.3 Å². The normalized spacial score (nSPS) is 11.9. The van der Waals surface area contributed by atoms with Gasteiger partial charge in [-0.3, -0.25) is 9.36 Å². The fraction of sp³-hybridized carbons (Fsp3) is 0.294. The topological polar surface area (TPSA) is 68.5 Å². The highest BCUT2D eigenvalue weighted by Crippen LogP contribution is 2.16. The molecule has 0 aliphatic carbocycles. The number of ether oxygens (including phenoxy) is 1. The number of carboxylic acid groups (broad SMARTS) is 1. The maximum Gasteiger partial charge on any atom is 0.326 e. The highest BCUT2D eigenvalue weighted by molar-refractivity contribution is 5.71. The number of aliphatic carboxylic acids is 1. The van der Waals surface area contributed by atoms with Crippen molar-refractivity contribution in [2.75, 3.05) is 7.11 Å². The summed E-state index contributed by atoms with van der Waals surface area (Å²) in [6.45, 7) is 2.00. The van der Waals surface area contributed by atoms with Gasteiger partial charge in [-0.1, -0.05) is 29.8 Å². The number of hydrogen-bond donors (Lipinski definition) is 1. The number of pyridine rings is 1. The van der Waals surface area contributed by atoms with Crippen molar-refractivity contribution in [2.24, 2.45) is 0 Å². The van der Waals surface area contributed by atoms with Crippen LogP contribution in [0.2, 0.25) is 0 Å². The molecule has 116 valence electrons. The Labute approximate surface area is 128 Å². The lowest BCUT2D eigenvalue weighted by atomic mass is 10.0. The van der Waals surface area contributed by atoms with E-state index in [-0.39, 0.29) is 5.75 Å². The highest BCUT2D eigenvalue weighted by Gasteiger charge is 2.21. The molecule has 1 unspecified atom stereocenters. The van der Waals surface area contributed by atoms with Gasteiger partial charge >= 0.3 is 5.97 Å². The minimum atomic E-state index is -1.03. The third-order valence-corrected chi connectivity index (χ3v) is 3.61. The number of carbonyl (C=O) groups is 1. The average Bonchev–Trinajstić information content (AvgIpc) is 2.50. The molecule has 0 fully saturated rings. The van der Waals surface area contributed by atoms with Crippen LogP contribution in [0.25, 0.3) is 0 Å². The van der Waals surface area contributed by atoms with Crippen molar-refractivity contribution in [3.63, 3.8) is 0 Å². The van der Waals surface area contributed by atoms with Gasteiger partial charge in [0.15, 0.2) is 5.75 Å². The fourth-order valence-corrected chi connectivity index (χ4v) is 2.33. The lowest BCUT2D eigenvalue weighted by Crippen LogP contribution is -2.30. The molecule has 1 atom stereocenters. The summed E-state index contributed by atoms with van der Waals surface area (Å²) in [5.41, 5.74) is 1.77. The molecule has 0 aliphatic heterocycles. The molecular formula is C17H19NO4.